The first kappa shape index (κ1) is 13.8. The molecular formula is C14H18N4S. The van der Waals surface area contributed by atoms with Crippen LogP contribution in [0.4, 0.5) is 0 Å². The quantitative estimate of drug-likeness (QED) is 0.932. The number of aryl methyl sites for hydroxylation is 1. The van der Waals surface area contributed by atoms with E-state index in [1.165, 1.54) is 10.4 Å². The van der Waals surface area contributed by atoms with Crippen LogP contribution in [0.2, 0.25) is 0 Å². The van der Waals surface area contributed by atoms with Crippen molar-refractivity contribution in [3.63, 3.8) is 0 Å². The largest absolute Gasteiger partial charge is 0.340 e. The molecule has 2 aromatic rings. The number of rotatable bonds is 4. The summed E-state index contributed by atoms with van der Waals surface area (Å²) in [6.45, 7) is 6.97. The zero-order valence-corrected chi connectivity index (χ0v) is 12.5. The Kier molecular flexibility index (Phi) is 4.03. The summed E-state index contributed by atoms with van der Waals surface area (Å²) in [4.78, 5) is 5.62. The van der Waals surface area contributed by atoms with Crippen LogP contribution in [0.3, 0.4) is 0 Å². The number of thiazole rings is 1. The van der Waals surface area contributed by atoms with E-state index in [1.54, 1.807) is 11.3 Å². The number of hydrogen-bond acceptors (Lipinski definition) is 4. The van der Waals surface area contributed by atoms with Crippen molar-refractivity contribution >= 4 is 11.3 Å². The van der Waals surface area contributed by atoms with Gasteiger partial charge < -0.3 is 9.88 Å². The maximum atomic E-state index is 9.01. The van der Waals surface area contributed by atoms with Crippen LogP contribution < -0.4 is 5.32 Å². The normalized spacial score (nSPS) is 12.4. The molecule has 0 saturated carbocycles. The van der Waals surface area contributed by atoms with E-state index in [1.807, 2.05) is 30.8 Å². The van der Waals surface area contributed by atoms with E-state index in [-0.39, 0.29) is 6.04 Å². The third kappa shape index (κ3) is 2.86. The molecule has 0 spiro atoms. The SMILES string of the molecule is Cc1cnc(C(C)NCc2cc(C#N)n(C)c2C)s1. The molecule has 0 fully saturated rings. The Morgan fingerprint density at radius 3 is 2.79 bits per heavy atom. The minimum Gasteiger partial charge on any atom is -0.340 e. The zero-order chi connectivity index (χ0) is 14.0. The van der Waals surface area contributed by atoms with Gasteiger partial charge in [0.05, 0.1) is 6.04 Å². The Bertz CT molecular complexity index is 618. The van der Waals surface area contributed by atoms with Crippen molar-refractivity contribution in [2.45, 2.75) is 33.4 Å². The van der Waals surface area contributed by atoms with E-state index in [2.05, 4.69) is 30.2 Å². The van der Waals surface area contributed by atoms with E-state index in [9.17, 15) is 0 Å². The molecule has 0 aliphatic heterocycles. The molecule has 0 aliphatic rings. The number of aromatic nitrogens is 2. The lowest BCUT2D eigenvalue weighted by molar-refractivity contribution is 0.570. The summed E-state index contributed by atoms with van der Waals surface area (Å²) in [5.41, 5.74) is 3.00. The molecular weight excluding hydrogens is 256 g/mol. The van der Waals surface area contributed by atoms with Crippen molar-refractivity contribution in [1.82, 2.24) is 14.9 Å². The van der Waals surface area contributed by atoms with Gasteiger partial charge in [-0.05, 0) is 32.4 Å². The highest BCUT2D eigenvalue weighted by molar-refractivity contribution is 7.11. The van der Waals surface area contributed by atoms with Gasteiger partial charge in [0.1, 0.15) is 16.8 Å². The number of hydrogen-bond donors (Lipinski definition) is 1. The van der Waals surface area contributed by atoms with Crippen molar-refractivity contribution in [3.8, 4) is 6.07 Å². The van der Waals surface area contributed by atoms with Gasteiger partial charge in [0.2, 0.25) is 0 Å². The van der Waals surface area contributed by atoms with Crippen molar-refractivity contribution in [2.24, 2.45) is 7.05 Å². The number of nitrogens with one attached hydrogen (secondary N) is 1. The second-order valence-electron chi connectivity index (χ2n) is 4.72. The zero-order valence-electron chi connectivity index (χ0n) is 11.7. The molecule has 2 rings (SSSR count). The highest BCUT2D eigenvalue weighted by Gasteiger charge is 2.12. The molecule has 100 valence electrons. The van der Waals surface area contributed by atoms with Gasteiger partial charge in [0.25, 0.3) is 0 Å². The number of nitriles is 1. The van der Waals surface area contributed by atoms with Crippen molar-refractivity contribution < 1.29 is 0 Å². The Hall–Kier alpha value is -1.64. The Balaban J connectivity index is 2.05. The molecule has 0 amide bonds. The van der Waals surface area contributed by atoms with E-state index in [0.29, 0.717) is 5.69 Å². The van der Waals surface area contributed by atoms with Crippen LogP contribution in [-0.2, 0) is 13.6 Å². The molecule has 2 heterocycles. The second-order valence-corrected chi connectivity index (χ2v) is 5.99. The van der Waals surface area contributed by atoms with E-state index >= 15 is 0 Å². The molecule has 19 heavy (non-hydrogen) atoms. The van der Waals surface area contributed by atoms with Gasteiger partial charge >= 0.3 is 0 Å². The topological polar surface area (TPSA) is 53.6 Å². The maximum absolute atomic E-state index is 9.01. The lowest BCUT2D eigenvalue weighted by Gasteiger charge is -2.11. The summed E-state index contributed by atoms with van der Waals surface area (Å²) < 4.78 is 1.93. The summed E-state index contributed by atoms with van der Waals surface area (Å²) >= 11 is 1.72. The predicted molar refractivity (Wildman–Crippen MR) is 77.0 cm³/mol. The maximum Gasteiger partial charge on any atom is 0.120 e. The summed E-state index contributed by atoms with van der Waals surface area (Å²) in [5, 5.41) is 13.6. The van der Waals surface area contributed by atoms with Gasteiger partial charge in [0.15, 0.2) is 0 Å². The Morgan fingerprint density at radius 1 is 1.53 bits per heavy atom. The smallest absolute Gasteiger partial charge is 0.120 e. The van der Waals surface area contributed by atoms with Crippen LogP contribution in [0.1, 0.15) is 39.8 Å². The molecule has 1 N–H and O–H groups in total. The average molecular weight is 274 g/mol. The lowest BCUT2D eigenvalue weighted by Crippen LogP contribution is -2.18. The lowest BCUT2D eigenvalue weighted by atomic mass is 10.2. The fourth-order valence-electron chi connectivity index (χ4n) is 1.97. The average Bonchev–Trinajstić information content (AvgIpc) is 2.94. The molecule has 0 aromatic carbocycles. The van der Waals surface area contributed by atoms with E-state index < -0.39 is 0 Å². The minimum atomic E-state index is 0.226. The van der Waals surface area contributed by atoms with Crippen LogP contribution in [0, 0.1) is 25.2 Å². The van der Waals surface area contributed by atoms with Crippen LogP contribution in [0.15, 0.2) is 12.3 Å². The first-order chi connectivity index (χ1) is 9.02. The van der Waals surface area contributed by atoms with Gasteiger partial charge in [-0.2, -0.15) is 5.26 Å². The Labute approximate surface area is 117 Å². The summed E-state index contributed by atoms with van der Waals surface area (Å²) in [6, 6.07) is 4.38. The summed E-state index contributed by atoms with van der Waals surface area (Å²) in [6.07, 6.45) is 1.90. The second kappa shape index (κ2) is 5.55. The fraction of sp³-hybridized carbons (Fsp3) is 0.429. The van der Waals surface area contributed by atoms with Crippen LogP contribution >= 0.6 is 11.3 Å². The third-order valence-corrected chi connectivity index (χ3v) is 4.46. The molecule has 1 atom stereocenters. The molecule has 4 nitrogen and oxygen atoms in total. The predicted octanol–water partition coefficient (Wildman–Crippen LogP) is 2.82. The highest BCUT2D eigenvalue weighted by Crippen LogP contribution is 2.20. The van der Waals surface area contributed by atoms with Gasteiger partial charge in [0, 0.05) is 30.4 Å². The first-order valence-electron chi connectivity index (χ1n) is 6.24. The van der Waals surface area contributed by atoms with Crippen LogP contribution in [0.5, 0.6) is 0 Å². The molecule has 0 saturated heterocycles. The van der Waals surface area contributed by atoms with Crippen molar-refractivity contribution in [1.29, 1.82) is 5.26 Å². The standard InChI is InChI=1S/C14H18N4S/c1-9-7-17-14(19-9)10(2)16-8-12-5-13(6-15)18(4)11(12)3/h5,7,10,16H,8H2,1-4H3. The van der Waals surface area contributed by atoms with Crippen molar-refractivity contribution in [3.05, 3.63) is 39.1 Å². The van der Waals surface area contributed by atoms with E-state index in [4.69, 9.17) is 5.26 Å². The van der Waals surface area contributed by atoms with E-state index in [0.717, 1.165) is 17.2 Å². The van der Waals surface area contributed by atoms with Gasteiger partial charge in [-0.15, -0.1) is 11.3 Å². The first-order valence-corrected chi connectivity index (χ1v) is 7.05. The molecule has 0 bridgehead atoms. The fourth-order valence-corrected chi connectivity index (χ4v) is 2.77. The molecule has 1 unspecified atom stereocenters. The molecule has 0 radical (unpaired) electrons. The third-order valence-electron chi connectivity index (χ3n) is 3.36. The van der Waals surface area contributed by atoms with Gasteiger partial charge in [-0.1, -0.05) is 0 Å². The van der Waals surface area contributed by atoms with Gasteiger partial charge in [-0.3, -0.25) is 0 Å². The number of nitrogens with zero attached hydrogens (tertiary/aromatic N) is 3. The minimum absolute atomic E-state index is 0.226. The summed E-state index contributed by atoms with van der Waals surface area (Å²) in [5.74, 6) is 0. The highest BCUT2D eigenvalue weighted by atomic mass is 32.1. The molecule has 5 heteroatoms. The Morgan fingerprint density at radius 2 is 2.26 bits per heavy atom. The summed E-state index contributed by atoms with van der Waals surface area (Å²) in [7, 11) is 1.92. The monoisotopic (exact) mass is 274 g/mol. The van der Waals surface area contributed by atoms with Gasteiger partial charge in [-0.25, -0.2) is 4.98 Å². The molecule has 2 aromatic heterocycles. The molecule has 0 aliphatic carbocycles. The van der Waals surface area contributed by atoms with Crippen LogP contribution in [0.25, 0.3) is 0 Å². The van der Waals surface area contributed by atoms with Crippen LogP contribution in [-0.4, -0.2) is 9.55 Å². The van der Waals surface area contributed by atoms with Crippen molar-refractivity contribution in [2.75, 3.05) is 0 Å².